The first-order chi connectivity index (χ1) is 9.06. The van der Waals surface area contributed by atoms with Gasteiger partial charge in [-0.25, -0.2) is 9.78 Å². The third-order valence-electron chi connectivity index (χ3n) is 2.90. The molecule has 1 aliphatic rings. The van der Waals surface area contributed by atoms with Crippen LogP contribution >= 0.6 is 27.3 Å². The number of nitrogens with zero attached hydrogens (tertiary/aromatic N) is 2. The molecule has 0 spiro atoms. The first kappa shape index (κ1) is 14.5. The average molecular weight is 347 g/mol. The highest BCUT2D eigenvalue weighted by molar-refractivity contribution is 9.09. The fourth-order valence-corrected chi connectivity index (χ4v) is 3.37. The molecule has 19 heavy (non-hydrogen) atoms. The number of aryl methyl sites for hydroxylation is 1. The van der Waals surface area contributed by atoms with Crippen LogP contribution in [0.4, 0.5) is 5.13 Å². The third kappa shape index (κ3) is 2.97. The molecule has 1 saturated heterocycles. The lowest BCUT2D eigenvalue weighted by Gasteiger charge is -2.11. The zero-order valence-electron chi connectivity index (χ0n) is 10.8. The molecule has 0 aliphatic carbocycles. The van der Waals surface area contributed by atoms with Gasteiger partial charge in [0.05, 0.1) is 12.3 Å². The van der Waals surface area contributed by atoms with Crippen LogP contribution in [0.5, 0.6) is 0 Å². The smallest absolute Gasteiger partial charge is 0.350 e. The van der Waals surface area contributed by atoms with Crippen molar-refractivity contribution in [3.63, 3.8) is 0 Å². The van der Waals surface area contributed by atoms with Gasteiger partial charge in [0.25, 0.3) is 0 Å². The molecule has 0 N–H and O–H groups in total. The number of amides is 1. The van der Waals surface area contributed by atoms with E-state index >= 15 is 0 Å². The van der Waals surface area contributed by atoms with E-state index in [4.69, 9.17) is 4.74 Å². The first-order valence-electron chi connectivity index (χ1n) is 6.07. The molecule has 0 aromatic carbocycles. The molecule has 1 aromatic heterocycles. The van der Waals surface area contributed by atoms with Crippen molar-refractivity contribution in [2.45, 2.75) is 20.3 Å². The summed E-state index contributed by atoms with van der Waals surface area (Å²) < 4.78 is 4.97. The highest BCUT2D eigenvalue weighted by Crippen LogP contribution is 2.31. The standard InChI is InChI=1S/C12H15BrN2O3S/c1-3-18-11(17)10-7(2)14-12(19-10)15-6-8(5-13)4-9(15)16/h8H,3-6H2,1-2H3. The van der Waals surface area contributed by atoms with Gasteiger partial charge < -0.3 is 4.74 Å². The molecule has 1 atom stereocenters. The Labute approximate surface area is 124 Å². The second kappa shape index (κ2) is 6.00. The third-order valence-corrected chi connectivity index (χ3v) is 4.98. The second-order valence-corrected chi connectivity index (χ2v) is 5.99. The van der Waals surface area contributed by atoms with Gasteiger partial charge >= 0.3 is 5.97 Å². The Morgan fingerprint density at radius 1 is 1.63 bits per heavy atom. The minimum Gasteiger partial charge on any atom is -0.462 e. The van der Waals surface area contributed by atoms with Crippen molar-refractivity contribution in [3.8, 4) is 0 Å². The van der Waals surface area contributed by atoms with E-state index in [2.05, 4.69) is 20.9 Å². The summed E-state index contributed by atoms with van der Waals surface area (Å²) in [6, 6.07) is 0. The largest absolute Gasteiger partial charge is 0.462 e. The number of thiazole rings is 1. The molecule has 1 aromatic rings. The van der Waals surface area contributed by atoms with Crippen molar-refractivity contribution >= 4 is 44.3 Å². The van der Waals surface area contributed by atoms with Gasteiger partial charge in [0.1, 0.15) is 4.88 Å². The first-order valence-corrected chi connectivity index (χ1v) is 8.01. The van der Waals surface area contributed by atoms with Gasteiger partial charge in [-0.1, -0.05) is 27.3 Å². The Hall–Kier alpha value is -0.950. The number of ether oxygens (including phenoxy) is 1. The maximum Gasteiger partial charge on any atom is 0.350 e. The Morgan fingerprint density at radius 3 is 2.95 bits per heavy atom. The molecule has 1 unspecified atom stereocenters. The number of halogens is 1. The number of esters is 1. The van der Waals surface area contributed by atoms with Crippen LogP contribution in [-0.4, -0.2) is 35.3 Å². The second-order valence-electron chi connectivity index (χ2n) is 4.36. The lowest BCUT2D eigenvalue weighted by atomic mass is 10.2. The van der Waals surface area contributed by atoms with Crippen molar-refractivity contribution in [1.29, 1.82) is 0 Å². The zero-order valence-corrected chi connectivity index (χ0v) is 13.2. The van der Waals surface area contributed by atoms with E-state index in [0.29, 0.717) is 41.2 Å². The number of alkyl halides is 1. The van der Waals surface area contributed by atoms with Crippen molar-refractivity contribution < 1.29 is 14.3 Å². The maximum atomic E-state index is 11.9. The van der Waals surface area contributed by atoms with Crippen LogP contribution in [0.2, 0.25) is 0 Å². The van der Waals surface area contributed by atoms with Crippen LogP contribution in [0.1, 0.15) is 28.7 Å². The summed E-state index contributed by atoms with van der Waals surface area (Å²) in [5.74, 6) is 0.00351. The van der Waals surface area contributed by atoms with Gasteiger partial charge in [0, 0.05) is 18.3 Å². The number of aromatic nitrogens is 1. The Bertz CT molecular complexity index is 503. The summed E-state index contributed by atoms with van der Waals surface area (Å²) in [5, 5.41) is 1.39. The zero-order chi connectivity index (χ0) is 14.0. The molecule has 1 aliphatic heterocycles. The molecule has 7 heteroatoms. The summed E-state index contributed by atoms with van der Waals surface area (Å²) in [7, 11) is 0. The number of carbonyl (C=O) groups is 2. The molecule has 1 amide bonds. The quantitative estimate of drug-likeness (QED) is 0.620. The van der Waals surface area contributed by atoms with Crippen LogP contribution in [0.3, 0.4) is 0 Å². The van der Waals surface area contributed by atoms with Crippen LogP contribution in [0, 0.1) is 12.8 Å². The van der Waals surface area contributed by atoms with Crippen molar-refractivity contribution in [1.82, 2.24) is 4.98 Å². The van der Waals surface area contributed by atoms with Crippen LogP contribution in [0.25, 0.3) is 0 Å². The lowest BCUT2D eigenvalue weighted by Crippen LogP contribution is -2.24. The van der Waals surface area contributed by atoms with Crippen LogP contribution in [0.15, 0.2) is 0 Å². The molecule has 0 bridgehead atoms. The van der Waals surface area contributed by atoms with Gasteiger partial charge in [-0.15, -0.1) is 0 Å². The van der Waals surface area contributed by atoms with E-state index in [-0.39, 0.29) is 11.9 Å². The van der Waals surface area contributed by atoms with Gasteiger partial charge in [-0.3, -0.25) is 9.69 Å². The van der Waals surface area contributed by atoms with Crippen molar-refractivity contribution in [2.24, 2.45) is 5.92 Å². The van der Waals surface area contributed by atoms with E-state index < -0.39 is 0 Å². The van der Waals surface area contributed by atoms with E-state index in [1.165, 1.54) is 11.3 Å². The molecule has 2 heterocycles. The number of carbonyl (C=O) groups excluding carboxylic acids is 2. The Balaban J connectivity index is 2.20. The SMILES string of the molecule is CCOC(=O)c1sc(N2CC(CBr)CC2=O)nc1C. The van der Waals surface area contributed by atoms with Crippen molar-refractivity contribution in [3.05, 3.63) is 10.6 Å². The van der Waals surface area contributed by atoms with Gasteiger partial charge in [0.15, 0.2) is 5.13 Å². The molecular weight excluding hydrogens is 332 g/mol. The number of hydrogen-bond acceptors (Lipinski definition) is 5. The summed E-state index contributed by atoms with van der Waals surface area (Å²) in [6.07, 6.45) is 0.526. The number of anilines is 1. The minimum atomic E-state index is -0.368. The molecule has 5 nitrogen and oxygen atoms in total. The van der Waals surface area contributed by atoms with E-state index in [1.807, 2.05) is 0 Å². The summed E-state index contributed by atoms with van der Waals surface area (Å²) in [4.78, 5) is 30.1. The van der Waals surface area contributed by atoms with E-state index in [1.54, 1.807) is 18.7 Å². The predicted molar refractivity (Wildman–Crippen MR) is 77.1 cm³/mol. The molecule has 0 saturated carbocycles. The minimum absolute atomic E-state index is 0.0635. The summed E-state index contributed by atoms with van der Waals surface area (Å²) in [5.41, 5.74) is 0.619. The molecule has 0 radical (unpaired) electrons. The highest BCUT2D eigenvalue weighted by atomic mass is 79.9. The van der Waals surface area contributed by atoms with Gasteiger partial charge in [0.2, 0.25) is 5.91 Å². The normalized spacial score (nSPS) is 19.0. The number of hydrogen-bond donors (Lipinski definition) is 0. The van der Waals surface area contributed by atoms with Crippen LogP contribution < -0.4 is 4.90 Å². The highest BCUT2D eigenvalue weighted by Gasteiger charge is 2.32. The van der Waals surface area contributed by atoms with E-state index in [0.717, 1.165) is 5.33 Å². The fourth-order valence-electron chi connectivity index (χ4n) is 1.95. The summed E-state index contributed by atoms with van der Waals surface area (Å²) >= 11 is 4.62. The average Bonchev–Trinajstić information content (AvgIpc) is 2.92. The molecule has 1 fully saturated rings. The van der Waals surface area contributed by atoms with Gasteiger partial charge in [-0.2, -0.15) is 0 Å². The van der Waals surface area contributed by atoms with Crippen LogP contribution in [-0.2, 0) is 9.53 Å². The predicted octanol–water partition coefficient (Wildman–Crippen LogP) is 2.38. The monoisotopic (exact) mass is 346 g/mol. The van der Waals surface area contributed by atoms with E-state index in [9.17, 15) is 9.59 Å². The van der Waals surface area contributed by atoms with Gasteiger partial charge in [-0.05, 0) is 19.8 Å². The molecule has 2 rings (SSSR count). The maximum absolute atomic E-state index is 11.9. The molecule has 104 valence electrons. The topological polar surface area (TPSA) is 59.5 Å². The molecular formula is C12H15BrN2O3S. The fraction of sp³-hybridized carbons (Fsp3) is 0.583. The lowest BCUT2D eigenvalue weighted by molar-refractivity contribution is -0.117. The van der Waals surface area contributed by atoms with Crippen molar-refractivity contribution in [2.75, 3.05) is 23.4 Å². The Morgan fingerprint density at radius 2 is 2.37 bits per heavy atom. The Kier molecular flexibility index (Phi) is 4.57. The number of rotatable bonds is 4. The summed E-state index contributed by atoms with van der Waals surface area (Å²) in [6.45, 7) is 4.51.